The van der Waals surface area contributed by atoms with E-state index in [1.54, 1.807) is 0 Å². The van der Waals surface area contributed by atoms with Gasteiger partial charge >= 0.3 is 0 Å². The summed E-state index contributed by atoms with van der Waals surface area (Å²) in [4.78, 5) is 14.1. The van der Waals surface area contributed by atoms with E-state index in [1.807, 2.05) is 19.1 Å². The van der Waals surface area contributed by atoms with Crippen LogP contribution >= 0.6 is 0 Å². The SMILES string of the molecule is CCNC(=O)c1ccc2c(c1)CC(C)[C@H](C)N2C. The zero-order valence-electron chi connectivity index (χ0n) is 11.7. The molecular weight excluding hydrogens is 224 g/mol. The molecule has 0 saturated heterocycles. The number of amides is 1. The van der Waals surface area contributed by atoms with Crippen LogP contribution in [0, 0.1) is 5.92 Å². The number of benzene rings is 1. The molecule has 1 amide bonds. The highest BCUT2D eigenvalue weighted by Gasteiger charge is 2.26. The highest BCUT2D eigenvalue weighted by Crippen LogP contribution is 2.33. The Kier molecular flexibility index (Phi) is 3.60. The van der Waals surface area contributed by atoms with Gasteiger partial charge in [0.15, 0.2) is 0 Å². The summed E-state index contributed by atoms with van der Waals surface area (Å²) in [6.07, 6.45) is 1.05. The Morgan fingerprint density at radius 3 is 2.83 bits per heavy atom. The number of anilines is 1. The fourth-order valence-electron chi connectivity index (χ4n) is 2.62. The van der Waals surface area contributed by atoms with Crippen LogP contribution in [0.15, 0.2) is 18.2 Å². The van der Waals surface area contributed by atoms with Gasteiger partial charge in [-0.15, -0.1) is 0 Å². The molecule has 1 aliphatic rings. The smallest absolute Gasteiger partial charge is 0.251 e. The number of hydrogen-bond donors (Lipinski definition) is 1. The summed E-state index contributed by atoms with van der Waals surface area (Å²) in [5.74, 6) is 0.640. The number of rotatable bonds is 2. The number of hydrogen-bond acceptors (Lipinski definition) is 2. The van der Waals surface area contributed by atoms with E-state index in [2.05, 4.69) is 37.2 Å². The van der Waals surface area contributed by atoms with Gasteiger partial charge in [0.25, 0.3) is 5.91 Å². The van der Waals surface area contributed by atoms with Crippen molar-refractivity contribution in [2.75, 3.05) is 18.5 Å². The van der Waals surface area contributed by atoms with Gasteiger partial charge in [0.1, 0.15) is 0 Å². The number of carbonyl (C=O) groups excluding carboxylic acids is 1. The minimum atomic E-state index is 0.0224. The molecule has 0 fully saturated rings. The molecule has 1 aliphatic heterocycles. The van der Waals surface area contributed by atoms with Gasteiger partial charge in [-0.25, -0.2) is 0 Å². The van der Waals surface area contributed by atoms with Crippen LogP contribution < -0.4 is 10.2 Å². The van der Waals surface area contributed by atoms with Crippen molar-refractivity contribution in [1.82, 2.24) is 5.32 Å². The lowest BCUT2D eigenvalue weighted by atomic mass is 9.87. The molecule has 0 aliphatic carbocycles. The quantitative estimate of drug-likeness (QED) is 0.869. The monoisotopic (exact) mass is 246 g/mol. The van der Waals surface area contributed by atoms with Gasteiger partial charge in [0, 0.05) is 30.9 Å². The molecule has 2 atom stereocenters. The maximum absolute atomic E-state index is 11.8. The summed E-state index contributed by atoms with van der Waals surface area (Å²) in [5, 5.41) is 2.85. The molecule has 0 bridgehead atoms. The number of nitrogens with one attached hydrogen (secondary N) is 1. The maximum atomic E-state index is 11.8. The average Bonchev–Trinajstić information content (AvgIpc) is 2.36. The standard InChI is InChI=1S/C15H22N2O/c1-5-16-15(18)12-6-7-14-13(9-12)8-10(2)11(3)17(14)4/h6-7,9-11H,5,8H2,1-4H3,(H,16,18)/t10?,11-/m0/s1. The predicted octanol–water partition coefficient (Wildman–Crippen LogP) is 2.45. The third-order valence-electron chi connectivity index (χ3n) is 4.04. The second-order valence-electron chi connectivity index (χ2n) is 5.24. The first kappa shape index (κ1) is 12.9. The number of carbonyl (C=O) groups is 1. The molecule has 3 nitrogen and oxygen atoms in total. The summed E-state index contributed by atoms with van der Waals surface area (Å²) in [5.41, 5.74) is 3.31. The Morgan fingerprint density at radius 1 is 1.44 bits per heavy atom. The van der Waals surface area contributed by atoms with Crippen molar-refractivity contribution < 1.29 is 4.79 Å². The molecule has 1 unspecified atom stereocenters. The Hall–Kier alpha value is -1.51. The fraction of sp³-hybridized carbons (Fsp3) is 0.533. The molecule has 0 radical (unpaired) electrons. The number of nitrogens with zero attached hydrogens (tertiary/aromatic N) is 1. The molecule has 1 N–H and O–H groups in total. The van der Waals surface area contributed by atoms with Crippen molar-refractivity contribution in [1.29, 1.82) is 0 Å². The van der Waals surface area contributed by atoms with Crippen LogP contribution in [0.5, 0.6) is 0 Å². The Morgan fingerprint density at radius 2 is 2.17 bits per heavy atom. The minimum absolute atomic E-state index is 0.0224. The zero-order valence-corrected chi connectivity index (χ0v) is 11.7. The van der Waals surface area contributed by atoms with Gasteiger partial charge in [0.2, 0.25) is 0 Å². The van der Waals surface area contributed by atoms with Crippen LogP contribution in [-0.4, -0.2) is 25.5 Å². The zero-order chi connectivity index (χ0) is 13.3. The largest absolute Gasteiger partial charge is 0.371 e. The van der Waals surface area contributed by atoms with E-state index < -0.39 is 0 Å². The lowest BCUT2D eigenvalue weighted by molar-refractivity contribution is 0.0955. The lowest BCUT2D eigenvalue weighted by Gasteiger charge is -2.38. The van der Waals surface area contributed by atoms with Crippen LogP contribution in [0.25, 0.3) is 0 Å². The molecule has 0 saturated carbocycles. The van der Waals surface area contributed by atoms with Crippen LogP contribution in [0.1, 0.15) is 36.7 Å². The fourth-order valence-corrected chi connectivity index (χ4v) is 2.62. The van der Waals surface area contributed by atoms with Crippen molar-refractivity contribution in [3.05, 3.63) is 29.3 Å². The summed E-state index contributed by atoms with van der Waals surface area (Å²) in [7, 11) is 2.13. The molecule has 18 heavy (non-hydrogen) atoms. The predicted molar refractivity (Wildman–Crippen MR) is 75.2 cm³/mol. The molecule has 98 valence electrons. The lowest BCUT2D eigenvalue weighted by Crippen LogP contribution is -2.39. The van der Waals surface area contributed by atoms with Crippen LogP contribution in [0.2, 0.25) is 0 Å². The highest BCUT2D eigenvalue weighted by atomic mass is 16.1. The first-order valence-corrected chi connectivity index (χ1v) is 6.68. The third-order valence-corrected chi connectivity index (χ3v) is 4.04. The molecule has 0 spiro atoms. The normalized spacial score (nSPS) is 22.6. The van der Waals surface area contributed by atoms with E-state index >= 15 is 0 Å². The Balaban J connectivity index is 2.33. The van der Waals surface area contributed by atoms with E-state index in [0.29, 0.717) is 18.5 Å². The van der Waals surface area contributed by atoms with E-state index in [-0.39, 0.29) is 5.91 Å². The van der Waals surface area contributed by atoms with Crippen LogP contribution in [-0.2, 0) is 6.42 Å². The number of fused-ring (bicyclic) bond motifs is 1. The van der Waals surface area contributed by atoms with Crippen LogP contribution in [0.3, 0.4) is 0 Å². The summed E-state index contributed by atoms with van der Waals surface area (Å²) < 4.78 is 0. The maximum Gasteiger partial charge on any atom is 0.251 e. The van der Waals surface area contributed by atoms with E-state index in [1.165, 1.54) is 11.3 Å². The van der Waals surface area contributed by atoms with E-state index in [9.17, 15) is 4.79 Å². The van der Waals surface area contributed by atoms with Crippen molar-refractivity contribution in [2.45, 2.75) is 33.2 Å². The molecule has 3 heteroatoms. The topological polar surface area (TPSA) is 32.3 Å². The van der Waals surface area contributed by atoms with Gasteiger partial charge < -0.3 is 10.2 Å². The van der Waals surface area contributed by atoms with Crippen molar-refractivity contribution in [3.63, 3.8) is 0 Å². The van der Waals surface area contributed by atoms with Crippen molar-refractivity contribution in [3.8, 4) is 0 Å². The van der Waals surface area contributed by atoms with Crippen molar-refractivity contribution in [2.24, 2.45) is 5.92 Å². The first-order valence-electron chi connectivity index (χ1n) is 6.68. The molecular formula is C15H22N2O. The summed E-state index contributed by atoms with van der Waals surface area (Å²) in [6.45, 7) is 7.13. The molecule has 2 rings (SSSR count). The summed E-state index contributed by atoms with van der Waals surface area (Å²) >= 11 is 0. The highest BCUT2D eigenvalue weighted by molar-refractivity contribution is 5.95. The van der Waals surface area contributed by atoms with Crippen LogP contribution in [0.4, 0.5) is 5.69 Å². The Bertz CT molecular complexity index is 456. The van der Waals surface area contributed by atoms with Gasteiger partial charge in [0.05, 0.1) is 0 Å². The second kappa shape index (κ2) is 5.01. The van der Waals surface area contributed by atoms with E-state index in [4.69, 9.17) is 0 Å². The third kappa shape index (κ3) is 2.22. The van der Waals surface area contributed by atoms with Crippen molar-refractivity contribution >= 4 is 11.6 Å². The average molecular weight is 246 g/mol. The molecule has 1 aromatic rings. The van der Waals surface area contributed by atoms with E-state index in [0.717, 1.165) is 12.0 Å². The van der Waals surface area contributed by atoms with Gasteiger partial charge in [-0.3, -0.25) is 4.79 Å². The van der Waals surface area contributed by atoms with Gasteiger partial charge in [-0.1, -0.05) is 6.92 Å². The second-order valence-corrected chi connectivity index (χ2v) is 5.24. The summed E-state index contributed by atoms with van der Waals surface area (Å²) in [6, 6.07) is 6.58. The minimum Gasteiger partial charge on any atom is -0.371 e. The first-order chi connectivity index (χ1) is 8.54. The molecule has 1 aromatic carbocycles. The van der Waals surface area contributed by atoms with Gasteiger partial charge in [-0.05, 0) is 49.9 Å². The molecule has 0 aromatic heterocycles. The Labute approximate surface area is 109 Å². The molecule has 1 heterocycles. The van der Waals surface area contributed by atoms with Gasteiger partial charge in [-0.2, -0.15) is 0 Å².